The number of H-pyrrole nitrogens is 1. The Morgan fingerprint density at radius 3 is 2.45 bits per heavy atom. The Kier molecular flexibility index (Phi) is 5.46. The third kappa shape index (κ3) is 3.63. The number of piperazine rings is 1. The molecule has 2 aliphatic heterocycles. The molecule has 10 nitrogen and oxygen atoms in total. The second kappa shape index (κ2) is 8.87. The topological polar surface area (TPSA) is 161 Å². The lowest BCUT2D eigenvalue weighted by Crippen LogP contribution is -2.67. The van der Waals surface area contributed by atoms with Gasteiger partial charge in [-0.1, -0.05) is 38.1 Å². The van der Waals surface area contributed by atoms with Crippen LogP contribution in [0.5, 0.6) is 23.0 Å². The molecule has 1 saturated heterocycles. The van der Waals surface area contributed by atoms with Gasteiger partial charge < -0.3 is 35.7 Å². The van der Waals surface area contributed by atoms with Gasteiger partial charge in [-0.05, 0) is 48.4 Å². The van der Waals surface area contributed by atoms with Crippen LogP contribution in [-0.4, -0.2) is 43.6 Å². The van der Waals surface area contributed by atoms with E-state index in [1.807, 2.05) is 38.1 Å². The van der Waals surface area contributed by atoms with E-state index in [0.717, 1.165) is 22.7 Å². The maximum Gasteiger partial charge on any atom is 0.294 e. The van der Waals surface area contributed by atoms with Crippen LogP contribution in [0, 0.1) is 6.92 Å². The van der Waals surface area contributed by atoms with Crippen molar-refractivity contribution in [1.29, 1.82) is 0 Å². The molecule has 0 saturated carbocycles. The van der Waals surface area contributed by atoms with Crippen molar-refractivity contribution in [2.45, 2.75) is 31.9 Å². The number of rotatable bonds is 3. The lowest BCUT2D eigenvalue weighted by Gasteiger charge is -2.41. The summed E-state index contributed by atoms with van der Waals surface area (Å²) in [7, 11) is 0. The fourth-order valence-corrected chi connectivity index (χ4v) is 6.17. The van der Waals surface area contributed by atoms with Crippen molar-refractivity contribution in [3.63, 3.8) is 0 Å². The third-order valence-electron chi connectivity index (χ3n) is 8.49. The molecule has 44 heavy (non-hydrogen) atoms. The maximum atomic E-state index is 13.9. The first-order chi connectivity index (χ1) is 20.8. The summed E-state index contributed by atoms with van der Waals surface area (Å²) in [6.07, 6.45) is 4.73. The molecule has 7 rings (SSSR count). The molecule has 0 radical (unpaired) electrons. The number of benzene rings is 3. The minimum atomic E-state index is -2.06. The van der Waals surface area contributed by atoms with E-state index >= 15 is 0 Å². The molecule has 3 aliphatic rings. The Morgan fingerprint density at radius 2 is 1.70 bits per heavy atom. The molecule has 1 spiro atoms. The summed E-state index contributed by atoms with van der Waals surface area (Å²) < 4.78 is 6.19. The quantitative estimate of drug-likeness (QED) is 0.134. The number of aromatic hydroxyl groups is 3. The van der Waals surface area contributed by atoms with E-state index in [1.165, 1.54) is 18.2 Å². The number of ketones is 1. The van der Waals surface area contributed by atoms with E-state index in [-0.39, 0.29) is 50.8 Å². The van der Waals surface area contributed by atoms with Crippen molar-refractivity contribution in [3.05, 3.63) is 106 Å². The molecule has 1 aliphatic carbocycles. The zero-order valence-corrected chi connectivity index (χ0v) is 24.0. The van der Waals surface area contributed by atoms with E-state index in [4.69, 9.17) is 4.74 Å². The van der Waals surface area contributed by atoms with E-state index < -0.39 is 34.5 Å². The zero-order valence-electron chi connectivity index (χ0n) is 24.0. The monoisotopic (exact) mass is 589 g/mol. The molecule has 0 unspecified atom stereocenters. The molecule has 2 amide bonds. The SMILES string of the molecule is C=CC(C)(C)c1[nH]c2ccccc2c1/C=C1\NC(=O)[C@]2(C=C3c4cc(O)cc(O)c4C(=O)c4c(O)cc(C)c(c43)O2)NC1=O. The molecule has 6 N–H and O–H groups in total. The van der Waals surface area contributed by atoms with Gasteiger partial charge in [-0.25, -0.2) is 0 Å². The van der Waals surface area contributed by atoms with Gasteiger partial charge in [0.05, 0.1) is 11.1 Å². The van der Waals surface area contributed by atoms with Crippen LogP contribution in [0.15, 0.2) is 66.9 Å². The molecule has 220 valence electrons. The molecule has 10 heteroatoms. The van der Waals surface area contributed by atoms with Gasteiger partial charge in [-0.3, -0.25) is 14.4 Å². The van der Waals surface area contributed by atoms with Crippen molar-refractivity contribution >= 4 is 40.1 Å². The first-order valence-electron chi connectivity index (χ1n) is 13.9. The largest absolute Gasteiger partial charge is 0.508 e. The second-order valence-corrected chi connectivity index (χ2v) is 11.8. The highest BCUT2D eigenvalue weighted by atomic mass is 16.5. The van der Waals surface area contributed by atoms with E-state index in [1.54, 1.807) is 19.1 Å². The highest BCUT2D eigenvalue weighted by Crippen LogP contribution is 2.52. The van der Waals surface area contributed by atoms with Crippen molar-refractivity contribution in [1.82, 2.24) is 15.6 Å². The fraction of sp³-hybridized carbons (Fsp3) is 0.147. The predicted molar refractivity (Wildman–Crippen MR) is 162 cm³/mol. The fourth-order valence-electron chi connectivity index (χ4n) is 6.17. The van der Waals surface area contributed by atoms with Crippen LogP contribution in [0.1, 0.15) is 57.7 Å². The highest BCUT2D eigenvalue weighted by Gasteiger charge is 2.51. The number of carbonyl (C=O) groups is 3. The average molecular weight is 590 g/mol. The van der Waals surface area contributed by atoms with Crippen LogP contribution in [-0.2, 0) is 15.0 Å². The van der Waals surface area contributed by atoms with Gasteiger partial charge in [0.15, 0.2) is 0 Å². The summed E-state index contributed by atoms with van der Waals surface area (Å²) in [5.74, 6) is -3.11. The number of amides is 2. The number of hydrogen-bond acceptors (Lipinski definition) is 7. The van der Waals surface area contributed by atoms with Crippen molar-refractivity contribution in [3.8, 4) is 23.0 Å². The number of aromatic nitrogens is 1. The Bertz CT molecular complexity index is 2100. The molecule has 3 heterocycles. The zero-order chi connectivity index (χ0) is 31.3. The summed E-state index contributed by atoms with van der Waals surface area (Å²) in [6.45, 7) is 9.55. The number of carbonyl (C=O) groups excluding carboxylic acids is 3. The summed E-state index contributed by atoms with van der Waals surface area (Å²) in [5.41, 5.74) is 0.431. The van der Waals surface area contributed by atoms with Gasteiger partial charge in [0, 0.05) is 44.8 Å². The van der Waals surface area contributed by atoms with Crippen LogP contribution in [0.2, 0.25) is 0 Å². The van der Waals surface area contributed by atoms with Crippen LogP contribution in [0.25, 0.3) is 22.6 Å². The summed E-state index contributed by atoms with van der Waals surface area (Å²) in [4.78, 5) is 44.5. The molecule has 0 bridgehead atoms. The normalized spacial score (nSPS) is 19.7. The number of aromatic amines is 1. The average Bonchev–Trinajstić information content (AvgIpc) is 3.34. The van der Waals surface area contributed by atoms with Crippen molar-refractivity contribution in [2.75, 3.05) is 0 Å². The number of nitrogens with one attached hydrogen (secondary N) is 3. The lowest BCUT2D eigenvalue weighted by atomic mass is 9.76. The Balaban J connectivity index is 1.38. The number of allylic oxidation sites excluding steroid dienone is 1. The van der Waals surface area contributed by atoms with Gasteiger partial charge in [0.2, 0.25) is 5.78 Å². The van der Waals surface area contributed by atoms with Crippen LogP contribution < -0.4 is 15.4 Å². The van der Waals surface area contributed by atoms with Gasteiger partial charge in [-0.2, -0.15) is 0 Å². The molecule has 1 atom stereocenters. The van der Waals surface area contributed by atoms with E-state index in [2.05, 4.69) is 22.2 Å². The maximum absolute atomic E-state index is 13.9. The number of aryl methyl sites for hydroxylation is 1. The van der Waals surface area contributed by atoms with Crippen LogP contribution >= 0.6 is 0 Å². The van der Waals surface area contributed by atoms with Crippen LogP contribution in [0.4, 0.5) is 0 Å². The number of para-hydroxylation sites is 1. The Labute approximate surface area is 251 Å². The predicted octanol–water partition coefficient (Wildman–Crippen LogP) is 4.41. The van der Waals surface area contributed by atoms with Gasteiger partial charge in [-0.15, -0.1) is 6.58 Å². The second-order valence-electron chi connectivity index (χ2n) is 11.8. The van der Waals surface area contributed by atoms with Gasteiger partial charge in [0.25, 0.3) is 17.5 Å². The third-order valence-corrected chi connectivity index (χ3v) is 8.49. The van der Waals surface area contributed by atoms with Crippen molar-refractivity contribution < 1.29 is 34.4 Å². The number of phenols is 3. The first-order valence-corrected chi connectivity index (χ1v) is 13.9. The first kappa shape index (κ1) is 27.1. The molecule has 3 aromatic carbocycles. The van der Waals surface area contributed by atoms with Gasteiger partial charge in [0.1, 0.15) is 28.7 Å². The van der Waals surface area contributed by atoms with Crippen molar-refractivity contribution in [2.24, 2.45) is 0 Å². The Hall–Kier alpha value is -5.77. The minimum absolute atomic E-state index is 0.0167. The summed E-state index contributed by atoms with van der Waals surface area (Å²) in [5, 5.41) is 37.9. The smallest absolute Gasteiger partial charge is 0.294 e. The standard InChI is InChI=1S/C34H27N3O7/c1-5-33(3,4)30-19(17-8-6-7-9-21(17)35-30)13-22-31(42)37-34(32(43)36-22)14-20-18-11-16(38)12-24(40)25(18)28(41)27-23(39)10-15(2)29(44-34)26(20)27/h5-14,35,38-40H,1H2,2-4H3,(H,36,43)(H,37,42)/b22-13-/t34-/m1/s1. The lowest BCUT2D eigenvalue weighted by molar-refractivity contribution is -0.144. The summed E-state index contributed by atoms with van der Waals surface area (Å²) in [6, 6.07) is 11.2. The molecule has 1 aromatic heterocycles. The van der Waals surface area contributed by atoms with E-state index in [9.17, 15) is 29.7 Å². The molecule has 4 aromatic rings. The summed E-state index contributed by atoms with van der Waals surface area (Å²) >= 11 is 0. The number of phenolic OH excluding ortho intramolecular Hbond substituents is 3. The van der Waals surface area contributed by atoms with Crippen LogP contribution in [0.3, 0.4) is 0 Å². The van der Waals surface area contributed by atoms with E-state index in [0.29, 0.717) is 11.1 Å². The highest BCUT2D eigenvalue weighted by molar-refractivity contribution is 6.23. The number of fused-ring (bicyclic) bond motifs is 3. The number of ether oxygens (including phenoxy) is 1. The molecular weight excluding hydrogens is 562 g/mol. The number of hydrogen-bond donors (Lipinski definition) is 6. The van der Waals surface area contributed by atoms with Gasteiger partial charge >= 0.3 is 0 Å². The Morgan fingerprint density at radius 1 is 0.977 bits per heavy atom. The molecule has 1 fully saturated rings. The minimum Gasteiger partial charge on any atom is -0.508 e. The molecular formula is C34H27N3O7.